The van der Waals surface area contributed by atoms with E-state index < -0.39 is 0 Å². The number of Topliss-reactive ketones (excluding diaryl/α,β-unsaturated/α-hetero) is 1. The maximum Gasteiger partial charge on any atom is 0.232 e. The molecular weight excluding hydrogens is 374 g/mol. The summed E-state index contributed by atoms with van der Waals surface area (Å²) < 4.78 is 22.1. The molecule has 0 atom stereocenters. The number of phenolic OH excluding ortho intramolecular Hbond substituents is 1. The predicted octanol–water partition coefficient (Wildman–Crippen LogP) is 3.40. The Bertz CT molecular complexity index is 994. The number of benzene rings is 2. The minimum Gasteiger partial charge on any atom is -0.507 e. The second-order valence-electron chi connectivity index (χ2n) is 7.00. The molecule has 2 aromatic carbocycles. The third-order valence-corrected chi connectivity index (χ3v) is 4.72. The van der Waals surface area contributed by atoms with E-state index in [9.17, 15) is 9.90 Å². The van der Waals surface area contributed by atoms with Gasteiger partial charge in [0.05, 0.1) is 32.5 Å². The summed E-state index contributed by atoms with van der Waals surface area (Å²) in [5, 5.41) is 10.4. The number of ketones is 1. The molecule has 7 nitrogen and oxygen atoms in total. The van der Waals surface area contributed by atoms with Gasteiger partial charge in [-0.15, -0.1) is 0 Å². The van der Waals surface area contributed by atoms with Crippen LogP contribution < -0.4 is 18.9 Å². The molecule has 7 heteroatoms. The lowest BCUT2D eigenvalue weighted by Crippen LogP contribution is -2.12. The number of carbonyl (C=O) groups excluding carboxylic acids is 1. The summed E-state index contributed by atoms with van der Waals surface area (Å²) >= 11 is 0. The normalized spacial score (nSPS) is 14.2. The Kier molecular flexibility index (Phi) is 5.70. The van der Waals surface area contributed by atoms with Crippen LogP contribution in [-0.4, -0.2) is 51.2 Å². The molecule has 0 unspecified atom stereocenters. The summed E-state index contributed by atoms with van der Waals surface area (Å²) in [6.07, 6.45) is 1.61. The fourth-order valence-electron chi connectivity index (χ4n) is 3.43. The highest BCUT2D eigenvalue weighted by Gasteiger charge is 2.33. The number of allylic oxidation sites excluding steroid dienone is 1. The van der Waals surface area contributed by atoms with Crippen LogP contribution in [0.15, 0.2) is 24.0 Å². The summed E-state index contributed by atoms with van der Waals surface area (Å²) in [6.45, 7) is 2.22. The average Bonchev–Trinajstić information content (AvgIpc) is 3.01. The average molecular weight is 399 g/mol. The van der Waals surface area contributed by atoms with Gasteiger partial charge in [-0.1, -0.05) is 0 Å². The molecule has 0 saturated carbocycles. The van der Waals surface area contributed by atoms with E-state index in [-0.39, 0.29) is 17.3 Å². The van der Waals surface area contributed by atoms with E-state index in [2.05, 4.69) is 0 Å². The zero-order valence-electron chi connectivity index (χ0n) is 17.5. The minimum absolute atomic E-state index is 0.104. The van der Waals surface area contributed by atoms with Gasteiger partial charge < -0.3 is 29.0 Å². The zero-order chi connectivity index (χ0) is 21.3. The fraction of sp³-hybridized carbons (Fsp3) is 0.318. The molecule has 29 heavy (non-hydrogen) atoms. The Morgan fingerprint density at radius 3 is 2.38 bits per heavy atom. The van der Waals surface area contributed by atoms with Gasteiger partial charge in [0.15, 0.2) is 17.3 Å². The van der Waals surface area contributed by atoms with Gasteiger partial charge in [-0.2, -0.15) is 0 Å². The summed E-state index contributed by atoms with van der Waals surface area (Å²) in [7, 11) is 8.34. The first-order valence-electron chi connectivity index (χ1n) is 9.05. The molecule has 2 aromatic rings. The molecule has 1 N–H and O–H groups in total. The highest BCUT2D eigenvalue weighted by atomic mass is 16.5. The van der Waals surface area contributed by atoms with Crippen molar-refractivity contribution >= 4 is 11.9 Å². The van der Waals surface area contributed by atoms with E-state index >= 15 is 0 Å². The van der Waals surface area contributed by atoms with Crippen molar-refractivity contribution in [2.45, 2.75) is 13.5 Å². The number of fused-ring (bicyclic) bond motifs is 1. The smallest absolute Gasteiger partial charge is 0.232 e. The quantitative estimate of drug-likeness (QED) is 0.746. The van der Waals surface area contributed by atoms with Gasteiger partial charge in [0.25, 0.3) is 0 Å². The van der Waals surface area contributed by atoms with Gasteiger partial charge >= 0.3 is 0 Å². The van der Waals surface area contributed by atoms with Crippen LogP contribution in [0.2, 0.25) is 0 Å². The highest BCUT2D eigenvalue weighted by molar-refractivity contribution is 6.16. The molecular formula is C22H25NO6. The van der Waals surface area contributed by atoms with Crippen molar-refractivity contribution in [3.05, 3.63) is 46.2 Å². The van der Waals surface area contributed by atoms with Crippen molar-refractivity contribution in [3.8, 4) is 28.7 Å². The molecule has 1 aliphatic heterocycles. The van der Waals surface area contributed by atoms with Gasteiger partial charge in [0.2, 0.25) is 11.5 Å². The number of aromatic hydroxyl groups is 1. The van der Waals surface area contributed by atoms with Crippen molar-refractivity contribution < 1.29 is 28.8 Å². The third kappa shape index (κ3) is 3.61. The van der Waals surface area contributed by atoms with Crippen LogP contribution in [0.3, 0.4) is 0 Å². The number of phenols is 1. The Morgan fingerprint density at radius 2 is 1.79 bits per heavy atom. The van der Waals surface area contributed by atoms with Crippen LogP contribution in [-0.2, 0) is 6.54 Å². The number of methoxy groups -OCH3 is 3. The van der Waals surface area contributed by atoms with Gasteiger partial charge in [0, 0.05) is 12.1 Å². The van der Waals surface area contributed by atoms with Gasteiger partial charge in [-0.25, -0.2) is 0 Å². The van der Waals surface area contributed by atoms with Gasteiger partial charge in [-0.05, 0) is 50.9 Å². The number of ether oxygens (including phenoxy) is 4. The second kappa shape index (κ2) is 8.05. The zero-order valence-corrected chi connectivity index (χ0v) is 17.5. The lowest BCUT2D eigenvalue weighted by atomic mass is 9.99. The molecule has 0 saturated heterocycles. The molecule has 0 spiro atoms. The van der Waals surface area contributed by atoms with E-state index in [1.54, 1.807) is 31.2 Å². The summed E-state index contributed by atoms with van der Waals surface area (Å²) in [5.41, 5.74) is 2.31. The summed E-state index contributed by atoms with van der Waals surface area (Å²) in [4.78, 5) is 15.0. The first kappa shape index (κ1) is 20.5. The SMILES string of the molecule is COc1ccc(/C=C2/Oc3c(CN(C)C)c(O)cc(C)c3C2=O)c(OC)c1OC. The van der Waals surface area contributed by atoms with E-state index in [4.69, 9.17) is 18.9 Å². The van der Waals surface area contributed by atoms with Crippen molar-refractivity contribution in [1.82, 2.24) is 4.90 Å². The number of carbonyl (C=O) groups is 1. The summed E-state index contributed by atoms with van der Waals surface area (Å²) in [5.74, 6) is 1.78. The van der Waals surface area contributed by atoms with E-state index in [1.807, 2.05) is 19.0 Å². The van der Waals surface area contributed by atoms with Gasteiger partial charge in [-0.3, -0.25) is 4.79 Å². The predicted molar refractivity (Wildman–Crippen MR) is 109 cm³/mol. The molecule has 0 fully saturated rings. The fourth-order valence-corrected chi connectivity index (χ4v) is 3.43. The molecule has 154 valence electrons. The maximum atomic E-state index is 13.1. The van der Waals surface area contributed by atoms with Crippen LogP contribution >= 0.6 is 0 Å². The number of hydrogen-bond acceptors (Lipinski definition) is 7. The minimum atomic E-state index is -0.241. The molecule has 1 aliphatic rings. The number of aryl methyl sites for hydroxylation is 1. The van der Waals surface area contributed by atoms with E-state index in [1.165, 1.54) is 21.3 Å². The molecule has 0 bridgehead atoms. The van der Waals surface area contributed by atoms with Crippen molar-refractivity contribution in [1.29, 1.82) is 0 Å². The molecule has 0 amide bonds. The number of hydrogen-bond donors (Lipinski definition) is 1. The molecule has 0 aliphatic carbocycles. The highest BCUT2D eigenvalue weighted by Crippen LogP contribution is 2.44. The number of nitrogens with zero attached hydrogens (tertiary/aromatic N) is 1. The molecule has 3 rings (SSSR count). The number of rotatable bonds is 6. The second-order valence-corrected chi connectivity index (χ2v) is 7.00. The van der Waals surface area contributed by atoms with Crippen LogP contribution in [0.25, 0.3) is 6.08 Å². The van der Waals surface area contributed by atoms with Crippen molar-refractivity contribution in [2.24, 2.45) is 0 Å². The molecule has 1 heterocycles. The van der Waals surface area contributed by atoms with Crippen LogP contribution in [0.1, 0.15) is 27.0 Å². The van der Waals surface area contributed by atoms with Crippen LogP contribution in [0, 0.1) is 6.92 Å². The van der Waals surface area contributed by atoms with Crippen LogP contribution in [0.5, 0.6) is 28.7 Å². The summed E-state index contributed by atoms with van der Waals surface area (Å²) in [6, 6.07) is 5.09. The Labute approximate surface area is 170 Å². The monoisotopic (exact) mass is 399 g/mol. The Balaban J connectivity index is 2.12. The molecule has 0 aromatic heterocycles. The largest absolute Gasteiger partial charge is 0.507 e. The first-order valence-corrected chi connectivity index (χ1v) is 9.05. The van der Waals surface area contributed by atoms with Gasteiger partial charge in [0.1, 0.15) is 11.5 Å². The van der Waals surface area contributed by atoms with Crippen molar-refractivity contribution in [2.75, 3.05) is 35.4 Å². The third-order valence-electron chi connectivity index (χ3n) is 4.72. The lowest BCUT2D eigenvalue weighted by molar-refractivity contribution is 0.101. The standard InChI is InChI=1S/C22H25NO6/c1-12-9-15(24)14(11-23(2)3)21-18(12)19(25)17(29-21)10-13-7-8-16(26-4)22(28-6)20(13)27-5/h7-10,24H,11H2,1-6H3/b17-10+. The molecule has 0 radical (unpaired) electrons. The first-order chi connectivity index (χ1) is 13.8. The topological polar surface area (TPSA) is 77.5 Å². The van der Waals surface area contributed by atoms with E-state index in [0.717, 1.165) is 0 Å². The Hall–Kier alpha value is -3.19. The van der Waals surface area contributed by atoms with Crippen LogP contribution in [0.4, 0.5) is 0 Å². The van der Waals surface area contributed by atoms with Crippen molar-refractivity contribution in [3.63, 3.8) is 0 Å². The lowest BCUT2D eigenvalue weighted by Gasteiger charge is -2.15. The van der Waals surface area contributed by atoms with E-state index in [0.29, 0.717) is 51.8 Å². The Morgan fingerprint density at radius 1 is 1.10 bits per heavy atom. The maximum absolute atomic E-state index is 13.1.